The number of thiocarbonyl (C=S) groups is 1. The van der Waals surface area contributed by atoms with E-state index in [9.17, 15) is 9.59 Å². The van der Waals surface area contributed by atoms with Crippen LogP contribution in [0.2, 0.25) is 0 Å². The van der Waals surface area contributed by atoms with E-state index in [0.717, 1.165) is 5.56 Å². The van der Waals surface area contributed by atoms with Crippen LogP contribution < -0.4 is 30.4 Å². The van der Waals surface area contributed by atoms with Crippen LogP contribution in [0.5, 0.6) is 11.5 Å². The van der Waals surface area contributed by atoms with Crippen molar-refractivity contribution in [1.29, 1.82) is 0 Å². The van der Waals surface area contributed by atoms with Gasteiger partial charge in [0.2, 0.25) is 0 Å². The van der Waals surface area contributed by atoms with Crippen molar-refractivity contribution in [2.75, 3.05) is 29.3 Å². The van der Waals surface area contributed by atoms with E-state index in [-0.39, 0.29) is 17.6 Å². The SMILES string of the molecule is COc1ccc(NC(=S)N2C(=O)COc3cc(NC(=O)N/N=C\c4ccccc4)ccc32)cc1. The summed E-state index contributed by atoms with van der Waals surface area (Å²) in [7, 11) is 1.58. The lowest BCUT2D eigenvalue weighted by Crippen LogP contribution is -2.45. The third-order valence-electron chi connectivity index (χ3n) is 4.78. The fourth-order valence-electron chi connectivity index (χ4n) is 3.17. The molecule has 4 rings (SSSR count). The molecule has 0 saturated carbocycles. The number of nitrogens with zero attached hydrogens (tertiary/aromatic N) is 2. The molecule has 0 spiro atoms. The molecule has 0 atom stereocenters. The van der Waals surface area contributed by atoms with Crippen LogP contribution in [0.3, 0.4) is 0 Å². The average Bonchev–Trinajstić information content (AvgIpc) is 2.85. The highest BCUT2D eigenvalue weighted by Crippen LogP contribution is 2.35. The summed E-state index contributed by atoms with van der Waals surface area (Å²) >= 11 is 5.47. The molecule has 0 aliphatic carbocycles. The third kappa shape index (κ3) is 5.48. The number of nitrogens with one attached hydrogen (secondary N) is 3. The van der Waals surface area contributed by atoms with Gasteiger partial charge in [-0.2, -0.15) is 5.10 Å². The zero-order chi connectivity index (χ0) is 23.9. The number of benzene rings is 3. The maximum atomic E-state index is 12.5. The smallest absolute Gasteiger partial charge is 0.339 e. The van der Waals surface area contributed by atoms with Crippen molar-refractivity contribution in [2.45, 2.75) is 0 Å². The van der Waals surface area contributed by atoms with E-state index in [1.165, 1.54) is 11.1 Å². The molecule has 9 nitrogen and oxygen atoms in total. The monoisotopic (exact) mass is 475 g/mol. The van der Waals surface area contributed by atoms with Crippen LogP contribution in [0.25, 0.3) is 0 Å². The molecule has 10 heteroatoms. The molecular formula is C24H21N5O4S. The summed E-state index contributed by atoms with van der Waals surface area (Å²) in [6, 6.07) is 20.9. The number of amides is 3. The topological polar surface area (TPSA) is 104 Å². The minimum absolute atomic E-state index is 0.186. The lowest BCUT2D eigenvalue weighted by Gasteiger charge is -2.30. The number of rotatable bonds is 5. The van der Waals surface area contributed by atoms with Gasteiger partial charge in [-0.05, 0) is 54.2 Å². The van der Waals surface area contributed by atoms with Crippen molar-refractivity contribution in [1.82, 2.24) is 5.43 Å². The van der Waals surface area contributed by atoms with Gasteiger partial charge in [-0.3, -0.25) is 9.69 Å². The number of hydrazone groups is 1. The zero-order valence-electron chi connectivity index (χ0n) is 18.1. The van der Waals surface area contributed by atoms with Crippen molar-refractivity contribution < 1.29 is 19.1 Å². The van der Waals surface area contributed by atoms with Crippen LogP contribution in [0, 0.1) is 0 Å². The number of methoxy groups -OCH3 is 1. The fourth-order valence-corrected chi connectivity index (χ4v) is 3.49. The summed E-state index contributed by atoms with van der Waals surface area (Å²) in [5.41, 5.74) is 4.90. The number of ether oxygens (including phenoxy) is 2. The molecule has 0 unspecified atom stereocenters. The molecule has 0 saturated heterocycles. The van der Waals surface area contributed by atoms with Crippen molar-refractivity contribution in [3.05, 3.63) is 78.4 Å². The van der Waals surface area contributed by atoms with Crippen LogP contribution in [0.1, 0.15) is 5.56 Å². The van der Waals surface area contributed by atoms with Gasteiger partial charge in [-0.25, -0.2) is 10.2 Å². The Balaban J connectivity index is 1.42. The Morgan fingerprint density at radius 2 is 1.79 bits per heavy atom. The van der Waals surface area contributed by atoms with Gasteiger partial charge in [0.15, 0.2) is 11.7 Å². The lowest BCUT2D eigenvalue weighted by molar-refractivity contribution is -0.120. The molecule has 0 aromatic heterocycles. The number of carbonyl (C=O) groups excluding carboxylic acids is 2. The molecular weight excluding hydrogens is 454 g/mol. The number of hydrogen-bond acceptors (Lipinski definition) is 6. The molecule has 3 aromatic rings. The van der Waals surface area contributed by atoms with E-state index < -0.39 is 6.03 Å². The quantitative estimate of drug-likeness (QED) is 0.293. The lowest BCUT2D eigenvalue weighted by atomic mass is 10.2. The van der Waals surface area contributed by atoms with Crippen LogP contribution >= 0.6 is 12.2 Å². The second-order valence-corrected chi connectivity index (χ2v) is 7.48. The molecule has 0 radical (unpaired) electrons. The first-order valence-corrected chi connectivity index (χ1v) is 10.6. The number of hydrogen-bond donors (Lipinski definition) is 3. The molecule has 0 fully saturated rings. The maximum absolute atomic E-state index is 12.5. The Morgan fingerprint density at radius 1 is 1.06 bits per heavy atom. The van der Waals surface area contributed by atoms with Crippen LogP contribution in [0.4, 0.5) is 21.9 Å². The Hall–Kier alpha value is -4.44. The summed E-state index contributed by atoms with van der Waals surface area (Å²) in [4.78, 5) is 26.1. The van der Waals surface area contributed by atoms with Crippen molar-refractivity contribution in [3.63, 3.8) is 0 Å². The Bertz CT molecular complexity index is 1230. The molecule has 1 heterocycles. The summed E-state index contributed by atoms with van der Waals surface area (Å²) < 4.78 is 10.7. The minimum atomic E-state index is -0.521. The summed E-state index contributed by atoms with van der Waals surface area (Å²) in [6.45, 7) is -0.186. The number of urea groups is 1. The van der Waals surface area contributed by atoms with Gasteiger partial charge in [0.05, 0.1) is 19.0 Å². The van der Waals surface area contributed by atoms with Gasteiger partial charge >= 0.3 is 6.03 Å². The molecule has 0 bridgehead atoms. The molecule has 34 heavy (non-hydrogen) atoms. The second kappa shape index (κ2) is 10.5. The number of fused-ring (bicyclic) bond motifs is 1. The van der Waals surface area contributed by atoms with Crippen LogP contribution in [0.15, 0.2) is 77.9 Å². The largest absolute Gasteiger partial charge is 0.497 e. The standard InChI is InChI=1S/C24H21N5O4S/c1-32-19-10-7-17(8-11-19)27-24(34)29-20-12-9-18(13-21(20)33-15-22(29)30)26-23(31)28-25-14-16-5-3-2-4-6-16/h2-14H,15H2,1H3,(H,27,34)(H2,26,28,31)/b25-14-. The highest BCUT2D eigenvalue weighted by molar-refractivity contribution is 7.80. The first-order valence-electron chi connectivity index (χ1n) is 10.2. The van der Waals surface area contributed by atoms with Crippen LogP contribution in [-0.2, 0) is 4.79 Å². The first-order chi connectivity index (χ1) is 16.5. The van der Waals surface area contributed by atoms with Crippen molar-refractivity contribution in [3.8, 4) is 11.5 Å². The van der Waals surface area contributed by atoms with E-state index in [2.05, 4.69) is 21.2 Å². The Morgan fingerprint density at radius 3 is 2.53 bits per heavy atom. The highest BCUT2D eigenvalue weighted by atomic mass is 32.1. The van der Waals surface area contributed by atoms with Gasteiger partial charge < -0.3 is 20.1 Å². The van der Waals surface area contributed by atoms with Gasteiger partial charge in [-0.1, -0.05) is 30.3 Å². The van der Waals surface area contributed by atoms with Crippen molar-refractivity contribution >= 4 is 52.5 Å². The molecule has 1 aliphatic heterocycles. The minimum Gasteiger partial charge on any atom is -0.497 e. The van der Waals surface area contributed by atoms with Gasteiger partial charge in [0.1, 0.15) is 11.5 Å². The van der Waals surface area contributed by atoms with Gasteiger partial charge in [0.25, 0.3) is 5.91 Å². The van der Waals surface area contributed by atoms with E-state index in [4.69, 9.17) is 21.7 Å². The van der Waals surface area contributed by atoms with E-state index in [1.54, 1.807) is 49.6 Å². The predicted molar refractivity (Wildman–Crippen MR) is 135 cm³/mol. The second-order valence-electron chi connectivity index (χ2n) is 7.09. The third-order valence-corrected chi connectivity index (χ3v) is 5.07. The number of anilines is 3. The van der Waals surface area contributed by atoms with Crippen molar-refractivity contribution in [2.24, 2.45) is 5.10 Å². The van der Waals surface area contributed by atoms with Gasteiger partial charge in [0, 0.05) is 17.4 Å². The summed E-state index contributed by atoms with van der Waals surface area (Å²) in [6.07, 6.45) is 1.54. The Kier molecular flexibility index (Phi) is 6.99. The van der Waals surface area contributed by atoms with Crippen LogP contribution in [-0.4, -0.2) is 37.0 Å². The molecule has 172 valence electrons. The summed E-state index contributed by atoms with van der Waals surface area (Å²) in [5.74, 6) is 0.801. The van der Waals surface area contributed by atoms with E-state index in [0.29, 0.717) is 28.6 Å². The zero-order valence-corrected chi connectivity index (χ0v) is 19.0. The van der Waals surface area contributed by atoms with Gasteiger partial charge in [-0.15, -0.1) is 0 Å². The highest BCUT2D eigenvalue weighted by Gasteiger charge is 2.29. The molecule has 3 N–H and O–H groups in total. The normalized spacial score (nSPS) is 12.5. The molecule has 3 aromatic carbocycles. The first kappa shape index (κ1) is 22.7. The average molecular weight is 476 g/mol. The fraction of sp³-hybridized carbons (Fsp3) is 0.0833. The molecule has 3 amide bonds. The van der Waals surface area contributed by atoms with E-state index >= 15 is 0 Å². The predicted octanol–water partition coefficient (Wildman–Crippen LogP) is 3.97. The number of carbonyl (C=O) groups is 2. The maximum Gasteiger partial charge on any atom is 0.339 e. The summed E-state index contributed by atoms with van der Waals surface area (Å²) in [5, 5.41) is 9.84. The molecule has 1 aliphatic rings. The Labute approximate surface area is 201 Å². The van der Waals surface area contributed by atoms with E-state index in [1.807, 2.05) is 30.3 Å².